The third kappa shape index (κ3) is 3.32. The van der Waals surface area contributed by atoms with Crippen molar-refractivity contribution in [2.24, 2.45) is 5.41 Å². The van der Waals surface area contributed by atoms with Gasteiger partial charge in [-0.05, 0) is 31.8 Å². The van der Waals surface area contributed by atoms with E-state index in [-0.39, 0.29) is 0 Å². The zero-order valence-electron chi connectivity index (χ0n) is 10.1. The molecule has 0 aliphatic carbocycles. The molecule has 0 saturated heterocycles. The molecule has 1 heterocycles. The molecule has 0 saturated carbocycles. The van der Waals surface area contributed by atoms with Crippen molar-refractivity contribution in [3.05, 3.63) is 22.4 Å². The summed E-state index contributed by atoms with van der Waals surface area (Å²) >= 11 is 1.70. The number of thiophene rings is 1. The summed E-state index contributed by atoms with van der Waals surface area (Å²) in [6, 6.07) is 4.09. The highest BCUT2D eigenvalue weighted by Gasteiger charge is 2.32. The van der Waals surface area contributed by atoms with Crippen LogP contribution in [0.1, 0.15) is 25.1 Å². The van der Waals surface area contributed by atoms with E-state index in [9.17, 15) is 9.90 Å². The number of aliphatic carboxylic acids is 1. The van der Waals surface area contributed by atoms with Crippen LogP contribution in [0.4, 0.5) is 0 Å². The number of hydrogen-bond donors (Lipinski definition) is 1. The predicted molar refractivity (Wildman–Crippen MR) is 66.7 cm³/mol. The number of rotatable bonds is 6. The highest BCUT2D eigenvalue weighted by molar-refractivity contribution is 7.09. The summed E-state index contributed by atoms with van der Waals surface area (Å²) in [5.41, 5.74) is -0.647. The van der Waals surface area contributed by atoms with E-state index in [2.05, 4.69) is 11.0 Å². The molecule has 1 rings (SSSR count). The minimum absolute atomic E-state index is 0.580. The number of carbonyl (C=O) groups is 1. The Hall–Kier alpha value is -0.870. The first kappa shape index (κ1) is 13.2. The zero-order chi connectivity index (χ0) is 12.2. The fourth-order valence-corrected chi connectivity index (χ4v) is 2.43. The lowest BCUT2D eigenvalue weighted by Crippen LogP contribution is -2.38. The van der Waals surface area contributed by atoms with Crippen LogP contribution in [-0.2, 0) is 11.3 Å². The smallest absolute Gasteiger partial charge is 0.310 e. The molecular formula is C12H19NO2S. The molecule has 1 N–H and O–H groups in total. The first-order chi connectivity index (χ1) is 7.48. The van der Waals surface area contributed by atoms with Crippen molar-refractivity contribution < 1.29 is 9.90 Å². The first-order valence-corrected chi connectivity index (χ1v) is 6.30. The van der Waals surface area contributed by atoms with Gasteiger partial charge in [-0.25, -0.2) is 0 Å². The molecule has 90 valence electrons. The van der Waals surface area contributed by atoms with E-state index in [1.807, 2.05) is 25.4 Å². The van der Waals surface area contributed by atoms with E-state index in [0.717, 1.165) is 6.54 Å². The Morgan fingerprint density at radius 3 is 2.75 bits per heavy atom. The van der Waals surface area contributed by atoms with Gasteiger partial charge in [0.15, 0.2) is 0 Å². The summed E-state index contributed by atoms with van der Waals surface area (Å²) in [6.45, 7) is 5.13. The summed E-state index contributed by atoms with van der Waals surface area (Å²) in [5.74, 6) is -0.715. The molecule has 1 atom stereocenters. The molecule has 4 heteroatoms. The number of hydrogen-bond acceptors (Lipinski definition) is 3. The maximum absolute atomic E-state index is 11.2. The van der Waals surface area contributed by atoms with Crippen molar-refractivity contribution in [2.75, 3.05) is 13.6 Å². The fraction of sp³-hybridized carbons (Fsp3) is 0.583. The molecule has 3 nitrogen and oxygen atoms in total. The van der Waals surface area contributed by atoms with Crippen molar-refractivity contribution in [2.45, 2.75) is 26.8 Å². The van der Waals surface area contributed by atoms with Gasteiger partial charge in [-0.15, -0.1) is 11.3 Å². The third-order valence-electron chi connectivity index (χ3n) is 2.92. The summed E-state index contributed by atoms with van der Waals surface area (Å²) in [5, 5.41) is 11.2. The molecule has 0 bridgehead atoms. The Labute approximate surface area is 101 Å². The molecule has 0 fully saturated rings. The lowest BCUT2D eigenvalue weighted by atomic mass is 9.87. The van der Waals surface area contributed by atoms with Crippen LogP contribution < -0.4 is 0 Å². The predicted octanol–water partition coefficient (Wildman–Crippen LogP) is 2.68. The van der Waals surface area contributed by atoms with Gasteiger partial charge in [-0.1, -0.05) is 13.0 Å². The van der Waals surface area contributed by atoms with Crippen LogP contribution in [0.2, 0.25) is 0 Å². The maximum atomic E-state index is 11.2. The molecule has 0 aliphatic rings. The number of carboxylic acids is 1. The normalized spacial score (nSPS) is 15.0. The molecule has 0 aromatic carbocycles. The molecule has 0 spiro atoms. The van der Waals surface area contributed by atoms with Crippen LogP contribution in [0.3, 0.4) is 0 Å². The van der Waals surface area contributed by atoms with Crippen LogP contribution in [0, 0.1) is 5.41 Å². The van der Waals surface area contributed by atoms with Crippen molar-refractivity contribution in [3.63, 3.8) is 0 Å². The average molecular weight is 241 g/mol. The minimum atomic E-state index is -0.715. The van der Waals surface area contributed by atoms with E-state index in [4.69, 9.17) is 0 Å². The van der Waals surface area contributed by atoms with Gasteiger partial charge in [-0.2, -0.15) is 0 Å². The van der Waals surface area contributed by atoms with E-state index in [1.54, 1.807) is 18.3 Å². The third-order valence-corrected chi connectivity index (χ3v) is 3.78. The van der Waals surface area contributed by atoms with E-state index in [1.165, 1.54) is 4.88 Å². The standard InChI is InChI=1S/C12H19NO2S/c1-4-12(2,11(14)15)9-13(3)8-10-6-5-7-16-10/h5-7H,4,8-9H2,1-3H3,(H,14,15). The lowest BCUT2D eigenvalue weighted by molar-refractivity contribution is -0.149. The minimum Gasteiger partial charge on any atom is -0.481 e. The Bertz CT molecular complexity index is 337. The van der Waals surface area contributed by atoms with Gasteiger partial charge in [0, 0.05) is 18.0 Å². The van der Waals surface area contributed by atoms with Gasteiger partial charge >= 0.3 is 5.97 Å². The fourth-order valence-electron chi connectivity index (χ4n) is 1.65. The van der Waals surface area contributed by atoms with E-state index < -0.39 is 11.4 Å². The van der Waals surface area contributed by atoms with E-state index >= 15 is 0 Å². The Morgan fingerprint density at radius 2 is 2.31 bits per heavy atom. The van der Waals surface area contributed by atoms with Crippen LogP contribution >= 0.6 is 11.3 Å². The molecule has 0 aliphatic heterocycles. The average Bonchev–Trinajstić information content (AvgIpc) is 2.69. The van der Waals surface area contributed by atoms with Crippen LogP contribution in [0.5, 0.6) is 0 Å². The van der Waals surface area contributed by atoms with Crippen LogP contribution in [0.15, 0.2) is 17.5 Å². The Morgan fingerprint density at radius 1 is 1.62 bits per heavy atom. The van der Waals surface area contributed by atoms with Gasteiger partial charge in [0.05, 0.1) is 5.41 Å². The topological polar surface area (TPSA) is 40.5 Å². The number of carboxylic acid groups (broad SMARTS) is 1. The Kier molecular flexibility index (Phi) is 4.50. The van der Waals surface area contributed by atoms with Gasteiger partial charge in [0.2, 0.25) is 0 Å². The van der Waals surface area contributed by atoms with Crippen molar-refractivity contribution in [1.82, 2.24) is 4.90 Å². The van der Waals surface area contributed by atoms with Crippen LogP contribution in [0.25, 0.3) is 0 Å². The monoisotopic (exact) mass is 241 g/mol. The second kappa shape index (κ2) is 5.46. The quantitative estimate of drug-likeness (QED) is 0.832. The SMILES string of the molecule is CCC(C)(CN(C)Cc1cccs1)C(=O)O. The molecule has 1 unspecified atom stereocenters. The van der Waals surface area contributed by atoms with E-state index in [0.29, 0.717) is 13.0 Å². The summed E-state index contributed by atoms with van der Waals surface area (Å²) in [4.78, 5) is 14.5. The van der Waals surface area contributed by atoms with Crippen molar-refractivity contribution in [1.29, 1.82) is 0 Å². The first-order valence-electron chi connectivity index (χ1n) is 5.42. The summed E-state index contributed by atoms with van der Waals surface area (Å²) in [6.07, 6.45) is 0.650. The second-order valence-electron chi connectivity index (χ2n) is 4.47. The number of nitrogens with zero attached hydrogens (tertiary/aromatic N) is 1. The Balaban J connectivity index is 2.56. The molecule has 16 heavy (non-hydrogen) atoms. The van der Waals surface area contributed by atoms with Gasteiger partial charge in [0.1, 0.15) is 0 Å². The molecule has 1 aromatic rings. The highest BCUT2D eigenvalue weighted by Crippen LogP contribution is 2.23. The molecule has 0 amide bonds. The molecule has 1 aromatic heterocycles. The van der Waals surface area contributed by atoms with Crippen molar-refractivity contribution in [3.8, 4) is 0 Å². The second-order valence-corrected chi connectivity index (χ2v) is 5.50. The molecule has 0 radical (unpaired) electrons. The highest BCUT2D eigenvalue weighted by atomic mass is 32.1. The van der Waals surface area contributed by atoms with Crippen molar-refractivity contribution >= 4 is 17.3 Å². The van der Waals surface area contributed by atoms with Gasteiger partial charge in [0.25, 0.3) is 0 Å². The summed E-state index contributed by atoms with van der Waals surface area (Å²) < 4.78 is 0. The maximum Gasteiger partial charge on any atom is 0.310 e. The summed E-state index contributed by atoms with van der Waals surface area (Å²) in [7, 11) is 1.97. The lowest BCUT2D eigenvalue weighted by Gasteiger charge is -2.28. The van der Waals surface area contributed by atoms with Gasteiger partial charge < -0.3 is 10.0 Å². The largest absolute Gasteiger partial charge is 0.481 e. The zero-order valence-corrected chi connectivity index (χ0v) is 10.9. The van der Waals surface area contributed by atoms with Gasteiger partial charge in [-0.3, -0.25) is 4.79 Å². The molecular weight excluding hydrogens is 222 g/mol. The van der Waals surface area contributed by atoms with Crippen LogP contribution in [-0.4, -0.2) is 29.6 Å².